The van der Waals surface area contributed by atoms with Crippen LogP contribution < -0.4 is 10.6 Å². The second kappa shape index (κ2) is 8.53. The van der Waals surface area contributed by atoms with Crippen molar-refractivity contribution in [3.63, 3.8) is 0 Å². The Morgan fingerprint density at radius 3 is 2.21 bits per heavy atom. The van der Waals surface area contributed by atoms with E-state index in [4.69, 9.17) is 0 Å². The third kappa shape index (κ3) is 5.28. The van der Waals surface area contributed by atoms with Crippen LogP contribution in [-0.4, -0.2) is 19.0 Å². The lowest BCUT2D eigenvalue weighted by atomic mass is 10.2. The number of azo groups is 1. The highest BCUT2D eigenvalue weighted by atomic mass is 15.3. The number of hydrogen-bond donors (Lipinski definition) is 2. The molecular formula is C19H23N5. The second-order valence-corrected chi connectivity index (χ2v) is 5.37. The number of hydrogen-bond acceptors (Lipinski definition) is 5. The molecule has 124 valence electrons. The van der Waals surface area contributed by atoms with Gasteiger partial charge in [0.2, 0.25) is 0 Å². The molecule has 0 aromatic heterocycles. The van der Waals surface area contributed by atoms with Gasteiger partial charge in [0.15, 0.2) is 0 Å². The molecule has 2 aromatic rings. The van der Waals surface area contributed by atoms with Crippen molar-refractivity contribution in [3.05, 3.63) is 78.9 Å². The maximum Gasteiger partial charge on any atom is 0.147 e. The predicted octanol–water partition coefficient (Wildman–Crippen LogP) is 4.92. The zero-order valence-corrected chi connectivity index (χ0v) is 14.3. The molecule has 0 aliphatic heterocycles. The van der Waals surface area contributed by atoms with E-state index in [1.807, 2.05) is 44.6 Å². The quantitative estimate of drug-likeness (QED) is 0.712. The van der Waals surface area contributed by atoms with Crippen LogP contribution >= 0.6 is 0 Å². The SMILES string of the molecule is C=C(N=Nc1ccc(Nc2ccc(C)cc2)cc1)N(C)C=CNC. The number of rotatable bonds is 7. The number of aryl methyl sites for hydroxylation is 1. The molecule has 24 heavy (non-hydrogen) atoms. The van der Waals surface area contributed by atoms with Gasteiger partial charge in [-0.15, -0.1) is 10.2 Å². The van der Waals surface area contributed by atoms with Crippen molar-refractivity contribution in [2.24, 2.45) is 10.2 Å². The van der Waals surface area contributed by atoms with E-state index in [2.05, 4.69) is 58.6 Å². The predicted molar refractivity (Wildman–Crippen MR) is 101 cm³/mol. The Bertz CT molecular complexity index is 714. The van der Waals surface area contributed by atoms with Crippen LogP contribution in [0.15, 0.2) is 83.6 Å². The van der Waals surface area contributed by atoms with Gasteiger partial charge < -0.3 is 15.5 Å². The largest absolute Gasteiger partial charge is 0.393 e. The lowest BCUT2D eigenvalue weighted by Gasteiger charge is -2.11. The Morgan fingerprint density at radius 1 is 1.04 bits per heavy atom. The van der Waals surface area contributed by atoms with E-state index in [0.29, 0.717) is 5.82 Å². The Kier molecular flexibility index (Phi) is 6.14. The van der Waals surface area contributed by atoms with Crippen LogP contribution in [0.4, 0.5) is 17.1 Å². The van der Waals surface area contributed by atoms with Gasteiger partial charge in [-0.05, 0) is 43.3 Å². The molecule has 5 nitrogen and oxygen atoms in total. The summed E-state index contributed by atoms with van der Waals surface area (Å²) in [6, 6.07) is 16.0. The van der Waals surface area contributed by atoms with Crippen molar-refractivity contribution < 1.29 is 0 Å². The van der Waals surface area contributed by atoms with Gasteiger partial charge in [0.05, 0.1) is 5.69 Å². The van der Waals surface area contributed by atoms with Crippen LogP contribution in [0.25, 0.3) is 0 Å². The molecule has 5 heteroatoms. The first-order valence-corrected chi connectivity index (χ1v) is 7.69. The molecule has 0 bridgehead atoms. The highest BCUT2D eigenvalue weighted by Gasteiger charge is 1.98. The minimum Gasteiger partial charge on any atom is -0.393 e. The second-order valence-electron chi connectivity index (χ2n) is 5.37. The monoisotopic (exact) mass is 321 g/mol. The molecule has 0 saturated heterocycles. The third-order valence-corrected chi connectivity index (χ3v) is 3.36. The van der Waals surface area contributed by atoms with Gasteiger partial charge in [-0.3, -0.25) is 0 Å². The minimum absolute atomic E-state index is 0.559. The van der Waals surface area contributed by atoms with Crippen molar-refractivity contribution in [1.29, 1.82) is 0 Å². The van der Waals surface area contributed by atoms with Gasteiger partial charge >= 0.3 is 0 Å². The number of benzene rings is 2. The van der Waals surface area contributed by atoms with E-state index in [1.54, 1.807) is 11.1 Å². The fourth-order valence-electron chi connectivity index (χ4n) is 1.87. The lowest BCUT2D eigenvalue weighted by molar-refractivity contribution is 0.553. The summed E-state index contributed by atoms with van der Waals surface area (Å²) >= 11 is 0. The lowest BCUT2D eigenvalue weighted by Crippen LogP contribution is -2.08. The van der Waals surface area contributed by atoms with Crippen LogP contribution in [0.1, 0.15) is 5.56 Å². The normalized spacial score (nSPS) is 11.0. The van der Waals surface area contributed by atoms with Crippen molar-refractivity contribution in [2.75, 3.05) is 19.4 Å². The number of nitrogens with zero attached hydrogens (tertiary/aromatic N) is 3. The van der Waals surface area contributed by atoms with E-state index in [9.17, 15) is 0 Å². The zero-order valence-electron chi connectivity index (χ0n) is 14.3. The topological polar surface area (TPSA) is 52.0 Å². The summed E-state index contributed by atoms with van der Waals surface area (Å²) in [4.78, 5) is 1.79. The summed E-state index contributed by atoms with van der Waals surface area (Å²) in [7, 11) is 3.70. The molecule has 0 fully saturated rings. The van der Waals surface area contributed by atoms with Crippen LogP contribution in [0.5, 0.6) is 0 Å². The molecule has 2 aromatic carbocycles. The van der Waals surface area contributed by atoms with Gasteiger partial charge in [-0.1, -0.05) is 24.3 Å². The highest BCUT2D eigenvalue weighted by Crippen LogP contribution is 2.21. The molecule has 2 N–H and O–H groups in total. The maximum absolute atomic E-state index is 4.20. The summed E-state index contributed by atoms with van der Waals surface area (Å²) in [5, 5.41) is 14.6. The van der Waals surface area contributed by atoms with Crippen LogP contribution in [0.2, 0.25) is 0 Å². The standard InChI is InChI=1S/C19H23N5/c1-15-5-7-17(8-6-15)21-18-9-11-19(12-10-18)23-22-16(2)24(4)14-13-20-3/h5-14,20-21H,2H2,1,3-4H3. The molecule has 0 heterocycles. The summed E-state index contributed by atoms with van der Waals surface area (Å²) in [6.07, 6.45) is 3.63. The van der Waals surface area contributed by atoms with Gasteiger partial charge in [0.25, 0.3) is 0 Å². The van der Waals surface area contributed by atoms with Crippen LogP contribution in [0.3, 0.4) is 0 Å². The highest BCUT2D eigenvalue weighted by molar-refractivity contribution is 5.61. The summed E-state index contributed by atoms with van der Waals surface area (Å²) in [5.74, 6) is 0.559. The van der Waals surface area contributed by atoms with Gasteiger partial charge in [-0.2, -0.15) is 0 Å². The van der Waals surface area contributed by atoms with E-state index >= 15 is 0 Å². The summed E-state index contributed by atoms with van der Waals surface area (Å²) in [6.45, 7) is 5.95. The van der Waals surface area contributed by atoms with Crippen molar-refractivity contribution in [3.8, 4) is 0 Å². The molecule has 2 rings (SSSR count). The molecule has 0 amide bonds. The van der Waals surface area contributed by atoms with Crippen molar-refractivity contribution >= 4 is 17.1 Å². The van der Waals surface area contributed by atoms with E-state index in [1.165, 1.54) is 5.56 Å². The first-order chi connectivity index (χ1) is 11.6. The average Bonchev–Trinajstić information content (AvgIpc) is 2.60. The Balaban J connectivity index is 1.96. The Morgan fingerprint density at radius 2 is 1.62 bits per heavy atom. The van der Waals surface area contributed by atoms with Crippen molar-refractivity contribution in [1.82, 2.24) is 10.2 Å². The number of nitrogens with one attached hydrogen (secondary N) is 2. The number of anilines is 2. The van der Waals surface area contributed by atoms with Crippen LogP contribution in [0, 0.1) is 6.92 Å². The molecular weight excluding hydrogens is 298 g/mol. The van der Waals surface area contributed by atoms with Crippen LogP contribution in [-0.2, 0) is 0 Å². The fourth-order valence-corrected chi connectivity index (χ4v) is 1.87. The molecule has 0 saturated carbocycles. The van der Waals surface area contributed by atoms with E-state index < -0.39 is 0 Å². The van der Waals surface area contributed by atoms with Gasteiger partial charge in [0.1, 0.15) is 5.82 Å². The summed E-state index contributed by atoms with van der Waals surface area (Å²) in [5.41, 5.74) is 4.08. The smallest absolute Gasteiger partial charge is 0.147 e. The van der Waals surface area contributed by atoms with Gasteiger partial charge in [-0.25, -0.2) is 0 Å². The van der Waals surface area contributed by atoms with E-state index in [0.717, 1.165) is 17.1 Å². The molecule has 0 unspecified atom stereocenters. The molecule has 0 aliphatic carbocycles. The fraction of sp³-hybridized carbons (Fsp3) is 0.158. The minimum atomic E-state index is 0.559. The average molecular weight is 321 g/mol. The van der Waals surface area contributed by atoms with Crippen molar-refractivity contribution in [2.45, 2.75) is 6.92 Å². The summed E-state index contributed by atoms with van der Waals surface area (Å²) < 4.78 is 0. The molecule has 0 spiro atoms. The third-order valence-electron chi connectivity index (χ3n) is 3.36. The maximum atomic E-state index is 4.20. The molecule has 0 aliphatic rings. The first kappa shape index (κ1) is 17.3. The van der Waals surface area contributed by atoms with E-state index in [-0.39, 0.29) is 0 Å². The molecule has 0 atom stereocenters. The molecule has 0 radical (unpaired) electrons. The Labute approximate surface area is 143 Å². The first-order valence-electron chi connectivity index (χ1n) is 7.69. The Hall–Kier alpha value is -3.08. The van der Waals surface area contributed by atoms with Gasteiger partial charge in [0, 0.05) is 37.9 Å². The zero-order chi connectivity index (χ0) is 17.4.